The average molecular weight is 374 g/mol. The number of methoxy groups -OCH3 is 1. The number of carbonyl (C=O) groups is 2. The number of quaternary nitrogens is 1. The van der Waals surface area contributed by atoms with Gasteiger partial charge in [0.2, 0.25) is 5.91 Å². The molecule has 8 nitrogen and oxygen atoms in total. The number of aryl methyl sites for hydroxylation is 1. The average Bonchev–Trinajstić information content (AvgIpc) is 3.28. The monoisotopic (exact) mass is 374 g/mol. The van der Waals surface area contributed by atoms with Gasteiger partial charge in [-0.1, -0.05) is 29.8 Å². The van der Waals surface area contributed by atoms with E-state index in [1.807, 2.05) is 31.2 Å². The molecule has 1 aromatic heterocycles. The van der Waals surface area contributed by atoms with Gasteiger partial charge in [0.25, 0.3) is 0 Å². The van der Waals surface area contributed by atoms with Crippen LogP contribution >= 0.6 is 0 Å². The van der Waals surface area contributed by atoms with Crippen molar-refractivity contribution >= 4 is 11.9 Å². The fourth-order valence-corrected chi connectivity index (χ4v) is 3.94. The summed E-state index contributed by atoms with van der Waals surface area (Å²) in [6.45, 7) is 1.69. The van der Waals surface area contributed by atoms with Gasteiger partial charge < -0.3 is 19.7 Å². The van der Waals surface area contributed by atoms with Gasteiger partial charge >= 0.3 is 5.97 Å². The van der Waals surface area contributed by atoms with Crippen LogP contribution in [-0.2, 0) is 14.3 Å². The molecule has 4 atom stereocenters. The number of hydrogen-bond donors (Lipinski definition) is 3. The summed E-state index contributed by atoms with van der Waals surface area (Å²) in [6.07, 6.45) is 1.39. The number of furan rings is 1. The highest BCUT2D eigenvalue weighted by Gasteiger charge is 2.64. The maximum absolute atomic E-state index is 13.0. The van der Waals surface area contributed by atoms with Gasteiger partial charge in [0.1, 0.15) is 12.3 Å². The topological polar surface area (TPSA) is 116 Å². The Morgan fingerprint density at radius 1 is 1.44 bits per heavy atom. The summed E-state index contributed by atoms with van der Waals surface area (Å²) in [7, 11) is 1.20. The number of ether oxygens (including phenoxy) is 1. The van der Waals surface area contributed by atoms with E-state index in [2.05, 4.69) is 5.32 Å². The summed E-state index contributed by atoms with van der Waals surface area (Å²) < 4.78 is 10.4. The Bertz CT molecular complexity index is 802. The van der Waals surface area contributed by atoms with E-state index < -0.39 is 40.9 Å². The van der Waals surface area contributed by atoms with Crippen LogP contribution < -0.4 is 10.5 Å². The minimum absolute atomic E-state index is 0.202. The van der Waals surface area contributed by atoms with Crippen LogP contribution in [0.15, 0.2) is 47.1 Å². The third-order valence-electron chi connectivity index (χ3n) is 5.21. The normalized spacial score (nSPS) is 24.3. The van der Waals surface area contributed by atoms with Crippen molar-refractivity contribution < 1.29 is 29.2 Å². The molecular formula is C19H22N2O6. The van der Waals surface area contributed by atoms with E-state index >= 15 is 0 Å². The standard InChI is InChI=1S/C19H22N2O6/c1-12-5-7-13(8-6-12)14-10-20-17(22)19(14,18(23)26-2)15(11-21(24)25)16-4-3-9-27-16/h3-9,14-15,21,24H,10-11H2,1-2H3,(H,20,22)/t14-,15-,19+/m0/s1. The van der Waals surface area contributed by atoms with E-state index in [1.165, 1.54) is 13.4 Å². The molecule has 1 aromatic carbocycles. The molecule has 2 heterocycles. The molecule has 1 aliphatic heterocycles. The third kappa shape index (κ3) is 3.23. The number of rotatable bonds is 6. The highest BCUT2D eigenvalue weighted by Crippen LogP contribution is 2.50. The summed E-state index contributed by atoms with van der Waals surface area (Å²) in [6, 6.07) is 10.6. The predicted molar refractivity (Wildman–Crippen MR) is 93.8 cm³/mol. The van der Waals surface area contributed by atoms with Gasteiger partial charge in [0.05, 0.1) is 19.3 Å². The van der Waals surface area contributed by atoms with Crippen molar-refractivity contribution in [3.05, 3.63) is 64.8 Å². The number of hydrogen-bond acceptors (Lipinski definition) is 6. The molecule has 1 unspecified atom stereocenters. The number of benzene rings is 1. The first kappa shape index (κ1) is 19.1. The first-order valence-corrected chi connectivity index (χ1v) is 8.59. The second kappa shape index (κ2) is 7.51. The Labute approximate surface area is 156 Å². The lowest BCUT2D eigenvalue weighted by Crippen LogP contribution is -3.05. The van der Waals surface area contributed by atoms with Crippen LogP contribution in [0.1, 0.15) is 28.7 Å². The fourth-order valence-electron chi connectivity index (χ4n) is 3.94. The van der Waals surface area contributed by atoms with E-state index in [4.69, 9.17) is 9.15 Å². The van der Waals surface area contributed by atoms with E-state index in [-0.39, 0.29) is 12.3 Å². The summed E-state index contributed by atoms with van der Waals surface area (Å²) in [5.41, 5.74) is 0.0550. The molecule has 0 aliphatic carbocycles. The Balaban J connectivity index is 2.20. The Hall–Kier alpha value is -2.68. The van der Waals surface area contributed by atoms with E-state index in [9.17, 15) is 20.0 Å². The number of nitrogens with one attached hydrogen (secondary N) is 2. The van der Waals surface area contributed by atoms with Gasteiger partial charge in [-0.05, 0) is 24.6 Å². The van der Waals surface area contributed by atoms with Crippen molar-refractivity contribution in [2.24, 2.45) is 5.41 Å². The van der Waals surface area contributed by atoms with Crippen molar-refractivity contribution in [1.82, 2.24) is 5.32 Å². The zero-order chi connectivity index (χ0) is 19.6. The fraction of sp³-hybridized carbons (Fsp3) is 0.368. The van der Waals surface area contributed by atoms with Crippen LogP contribution in [0.4, 0.5) is 0 Å². The quantitative estimate of drug-likeness (QED) is 0.386. The number of carbonyl (C=O) groups excluding carboxylic acids is 2. The van der Waals surface area contributed by atoms with Gasteiger partial charge in [-0.3, -0.25) is 9.59 Å². The van der Waals surface area contributed by atoms with Crippen LogP contribution in [0, 0.1) is 17.5 Å². The van der Waals surface area contributed by atoms with E-state index in [1.54, 1.807) is 12.1 Å². The van der Waals surface area contributed by atoms with Crippen molar-refractivity contribution in [3.8, 4) is 0 Å². The SMILES string of the molecule is COC(=O)[C@]1([C@@H](C[NH+]([O-])O)c2ccco2)C(=O)NC[C@H]1c1ccc(C)cc1. The van der Waals surface area contributed by atoms with Gasteiger partial charge in [-0.25, -0.2) is 10.4 Å². The van der Waals surface area contributed by atoms with Crippen molar-refractivity contribution in [2.75, 3.05) is 20.2 Å². The third-order valence-corrected chi connectivity index (χ3v) is 5.21. The first-order chi connectivity index (χ1) is 12.9. The van der Waals surface area contributed by atoms with Gasteiger partial charge in [0.15, 0.2) is 5.41 Å². The lowest BCUT2D eigenvalue weighted by atomic mass is 9.64. The molecule has 0 spiro atoms. The molecule has 27 heavy (non-hydrogen) atoms. The maximum atomic E-state index is 13.0. The Morgan fingerprint density at radius 3 is 2.70 bits per heavy atom. The number of esters is 1. The molecule has 3 N–H and O–H groups in total. The highest BCUT2D eigenvalue weighted by molar-refractivity contribution is 6.06. The van der Waals surface area contributed by atoms with Crippen LogP contribution in [-0.4, -0.2) is 37.3 Å². The molecule has 144 valence electrons. The highest BCUT2D eigenvalue weighted by atomic mass is 16.8. The summed E-state index contributed by atoms with van der Waals surface area (Å²) in [4.78, 5) is 26.0. The summed E-state index contributed by atoms with van der Waals surface area (Å²) in [5, 5.41) is 22.6. The lowest BCUT2D eigenvalue weighted by Gasteiger charge is -2.36. The second-order valence-electron chi connectivity index (χ2n) is 6.70. The van der Waals surface area contributed by atoms with Crippen LogP contribution in [0.25, 0.3) is 0 Å². The minimum atomic E-state index is -1.74. The molecule has 0 saturated carbocycles. The van der Waals surface area contributed by atoms with Gasteiger partial charge in [-0.2, -0.15) is 0 Å². The van der Waals surface area contributed by atoms with Gasteiger partial charge in [0, 0.05) is 12.5 Å². The molecular weight excluding hydrogens is 352 g/mol. The van der Waals surface area contributed by atoms with Crippen molar-refractivity contribution in [2.45, 2.75) is 18.8 Å². The van der Waals surface area contributed by atoms with Crippen LogP contribution in [0.5, 0.6) is 0 Å². The molecule has 1 saturated heterocycles. The molecule has 8 heteroatoms. The lowest BCUT2D eigenvalue weighted by molar-refractivity contribution is -1.05. The molecule has 2 aromatic rings. The first-order valence-electron chi connectivity index (χ1n) is 8.59. The Kier molecular flexibility index (Phi) is 5.31. The molecule has 3 rings (SSSR count). The largest absolute Gasteiger partial charge is 0.600 e. The summed E-state index contributed by atoms with van der Waals surface area (Å²) >= 11 is 0. The number of amides is 1. The molecule has 1 aliphatic rings. The molecule has 1 fully saturated rings. The molecule has 0 radical (unpaired) electrons. The van der Waals surface area contributed by atoms with Crippen LogP contribution in [0.2, 0.25) is 0 Å². The summed E-state index contributed by atoms with van der Waals surface area (Å²) in [5.74, 6) is -2.66. The number of hydroxylamine groups is 2. The van der Waals surface area contributed by atoms with Crippen molar-refractivity contribution in [1.29, 1.82) is 0 Å². The second-order valence-corrected chi connectivity index (χ2v) is 6.70. The molecule has 1 amide bonds. The zero-order valence-corrected chi connectivity index (χ0v) is 15.1. The van der Waals surface area contributed by atoms with E-state index in [0.717, 1.165) is 11.1 Å². The predicted octanol–water partition coefficient (Wildman–Crippen LogP) is 0.517. The maximum Gasteiger partial charge on any atom is 0.323 e. The molecule has 0 bridgehead atoms. The van der Waals surface area contributed by atoms with Crippen LogP contribution in [0.3, 0.4) is 0 Å². The van der Waals surface area contributed by atoms with E-state index in [0.29, 0.717) is 0 Å². The van der Waals surface area contributed by atoms with Crippen molar-refractivity contribution in [3.63, 3.8) is 0 Å². The zero-order valence-electron chi connectivity index (χ0n) is 15.1. The minimum Gasteiger partial charge on any atom is -0.600 e. The smallest absolute Gasteiger partial charge is 0.323 e. The van der Waals surface area contributed by atoms with Gasteiger partial charge in [-0.15, -0.1) is 0 Å². The Morgan fingerprint density at radius 2 is 2.15 bits per heavy atom.